The molecule has 1 fully saturated rings. The molecule has 0 spiro atoms. The van der Waals surface area contributed by atoms with Gasteiger partial charge in [-0.25, -0.2) is 0 Å². The number of hydrogen-bond donors (Lipinski definition) is 0. The van der Waals surface area contributed by atoms with Crippen LogP contribution in [-0.4, -0.2) is 6.10 Å². The Morgan fingerprint density at radius 1 is 1.00 bits per heavy atom. The third-order valence-corrected chi connectivity index (χ3v) is 4.87. The minimum Gasteiger partial charge on any atom is -0.490 e. The molecule has 1 aliphatic rings. The fourth-order valence-corrected chi connectivity index (χ4v) is 3.25. The van der Waals surface area contributed by atoms with E-state index < -0.39 is 0 Å². The molecule has 1 saturated carbocycles. The van der Waals surface area contributed by atoms with E-state index in [1.807, 2.05) is 0 Å². The lowest BCUT2D eigenvalue weighted by Gasteiger charge is -2.34. The van der Waals surface area contributed by atoms with E-state index in [2.05, 4.69) is 57.2 Å². The van der Waals surface area contributed by atoms with Gasteiger partial charge in [-0.2, -0.15) is 0 Å². The molecule has 2 aromatic rings. The van der Waals surface area contributed by atoms with E-state index in [4.69, 9.17) is 4.74 Å². The van der Waals surface area contributed by atoms with Gasteiger partial charge in [0.25, 0.3) is 0 Å². The second-order valence-electron chi connectivity index (χ2n) is 7.18. The van der Waals surface area contributed by atoms with Gasteiger partial charge in [0.1, 0.15) is 5.75 Å². The first kappa shape index (κ1) is 14.4. The van der Waals surface area contributed by atoms with Crippen molar-refractivity contribution in [1.82, 2.24) is 0 Å². The summed E-state index contributed by atoms with van der Waals surface area (Å²) in [7, 11) is 0. The van der Waals surface area contributed by atoms with Crippen LogP contribution in [0.2, 0.25) is 0 Å². The molecule has 0 atom stereocenters. The summed E-state index contributed by atoms with van der Waals surface area (Å²) in [5.74, 6) is 1.02. The SMILES string of the molecule is CCc1ccc2cc(OC3CCC(C)(C)CC3)ccc2c1. The highest BCUT2D eigenvalue weighted by Gasteiger charge is 2.27. The average Bonchev–Trinajstić information content (AvgIpc) is 2.49. The molecule has 0 heterocycles. The Morgan fingerprint density at radius 2 is 1.67 bits per heavy atom. The summed E-state index contributed by atoms with van der Waals surface area (Å²) < 4.78 is 6.21. The van der Waals surface area contributed by atoms with E-state index in [1.54, 1.807) is 0 Å². The van der Waals surface area contributed by atoms with Gasteiger partial charge in [-0.1, -0.05) is 45.0 Å². The van der Waals surface area contributed by atoms with Crippen molar-refractivity contribution in [2.24, 2.45) is 5.41 Å². The number of benzene rings is 2. The van der Waals surface area contributed by atoms with Crippen molar-refractivity contribution in [3.05, 3.63) is 42.0 Å². The second-order valence-corrected chi connectivity index (χ2v) is 7.18. The van der Waals surface area contributed by atoms with Crippen molar-refractivity contribution in [3.8, 4) is 5.75 Å². The van der Waals surface area contributed by atoms with Crippen molar-refractivity contribution < 1.29 is 4.74 Å². The van der Waals surface area contributed by atoms with Crippen LogP contribution < -0.4 is 4.74 Å². The first-order valence-electron chi connectivity index (χ1n) is 8.25. The van der Waals surface area contributed by atoms with E-state index >= 15 is 0 Å². The maximum Gasteiger partial charge on any atom is 0.120 e. The molecule has 1 heteroatoms. The molecular formula is C20H26O. The average molecular weight is 282 g/mol. The lowest BCUT2D eigenvalue weighted by Crippen LogP contribution is -2.28. The Kier molecular flexibility index (Phi) is 3.93. The third-order valence-electron chi connectivity index (χ3n) is 4.87. The number of aryl methyl sites for hydroxylation is 1. The first-order chi connectivity index (χ1) is 10.1. The largest absolute Gasteiger partial charge is 0.490 e. The van der Waals surface area contributed by atoms with Gasteiger partial charge in [-0.05, 0) is 66.0 Å². The molecule has 112 valence electrons. The molecule has 1 aliphatic carbocycles. The zero-order valence-corrected chi connectivity index (χ0v) is 13.5. The topological polar surface area (TPSA) is 9.23 Å². The third kappa shape index (κ3) is 3.40. The van der Waals surface area contributed by atoms with Crippen LogP contribution in [0.4, 0.5) is 0 Å². The predicted octanol–water partition coefficient (Wildman–Crippen LogP) is 5.75. The van der Waals surface area contributed by atoms with Gasteiger partial charge < -0.3 is 4.74 Å². The number of fused-ring (bicyclic) bond motifs is 1. The van der Waals surface area contributed by atoms with Crippen molar-refractivity contribution in [2.45, 2.75) is 59.0 Å². The molecule has 1 nitrogen and oxygen atoms in total. The Morgan fingerprint density at radius 3 is 2.38 bits per heavy atom. The fourth-order valence-electron chi connectivity index (χ4n) is 3.25. The second kappa shape index (κ2) is 5.71. The van der Waals surface area contributed by atoms with Crippen molar-refractivity contribution >= 4 is 10.8 Å². The highest BCUT2D eigenvalue weighted by atomic mass is 16.5. The summed E-state index contributed by atoms with van der Waals surface area (Å²) in [6.45, 7) is 6.93. The zero-order valence-electron chi connectivity index (χ0n) is 13.5. The quantitative estimate of drug-likeness (QED) is 0.696. The summed E-state index contributed by atoms with van der Waals surface area (Å²) in [6, 6.07) is 13.2. The van der Waals surface area contributed by atoms with Crippen molar-refractivity contribution in [1.29, 1.82) is 0 Å². The molecule has 0 aliphatic heterocycles. The van der Waals surface area contributed by atoms with Gasteiger partial charge >= 0.3 is 0 Å². The van der Waals surface area contributed by atoms with E-state index in [0.29, 0.717) is 11.5 Å². The van der Waals surface area contributed by atoms with Gasteiger partial charge in [0, 0.05) is 0 Å². The van der Waals surface area contributed by atoms with E-state index in [-0.39, 0.29) is 0 Å². The van der Waals surface area contributed by atoms with Gasteiger partial charge in [0.05, 0.1) is 6.10 Å². The van der Waals surface area contributed by atoms with E-state index in [1.165, 1.54) is 42.0 Å². The molecule has 0 bridgehead atoms. The minimum absolute atomic E-state index is 0.394. The minimum atomic E-state index is 0.394. The van der Waals surface area contributed by atoms with Crippen LogP contribution in [0.3, 0.4) is 0 Å². The number of ether oxygens (including phenoxy) is 1. The summed E-state index contributed by atoms with van der Waals surface area (Å²) in [6.07, 6.45) is 6.38. The Bertz CT molecular complexity index is 617. The van der Waals surface area contributed by atoms with Gasteiger partial charge in [0.15, 0.2) is 0 Å². The molecule has 0 saturated heterocycles. The van der Waals surface area contributed by atoms with Crippen LogP contribution in [0.5, 0.6) is 5.75 Å². The van der Waals surface area contributed by atoms with Crippen molar-refractivity contribution in [2.75, 3.05) is 0 Å². The highest BCUT2D eigenvalue weighted by Crippen LogP contribution is 2.36. The van der Waals surface area contributed by atoms with Crippen LogP contribution in [-0.2, 0) is 6.42 Å². The molecular weight excluding hydrogens is 256 g/mol. The van der Waals surface area contributed by atoms with E-state index in [0.717, 1.165) is 12.2 Å². The highest BCUT2D eigenvalue weighted by molar-refractivity contribution is 5.84. The number of rotatable bonds is 3. The summed E-state index contributed by atoms with van der Waals surface area (Å²) in [5, 5.41) is 2.59. The molecule has 21 heavy (non-hydrogen) atoms. The summed E-state index contributed by atoms with van der Waals surface area (Å²) in [5.41, 5.74) is 1.89. The van der Waals surface area contributed by atoms with Crippen molar-refractivity contribution in [3.63, 3.8) is 0 Å². The van der Waals surface area contributed by atoms with E-state index in [9.17, 15) is 0 Å². The van der Waals surface area contributed by atoms with Crippen LogP contribution >= 0.6 is 0 Å². The van der Waals surface area contributed by atoms with Crippen LogP contribution in [0, 0.1) is 5.41 Å². The zero-order chi connectivity index (χ0) is 14.9. The molecule has 0 amide bonds. The number of hydrogen-bond acceptors (Lipinski definition) is 1. The van der Waals surface area contributed by atoms with Crippen LogP contribution in [0.15, 0.2) is 36.4 Å². The van der Waals surface area contributed by atoms with Gasteiger partial charge in [-0.15, -0.1) is 0 Å². The standard InChI is InChI=1S/C20H26O/c1-4-15-5-6-17-14-19(8-7-16(17)13-15)21-18-9-11-20(2,3)12-10-18/h5-8,13-14,18H,4,9-12H2,1-3H3. The maximum atomic E-state index is 6.21. The fraction of sp³-hybridized carbons (Fsp3) is 0.500. The normalized spacial score (nSPS) is 18.8. The Hall–Kier alpha value is -1.50. The molecule has 2 aromatic carbocycles. The maximum absolute atomic E-state index is 6.21. The van der Waals surface area contributed by atoms with Crippen LogP contribution in [0.25, 0.3) is 10.8 Å². The Labute approximate surface area is 128 Å². The Balaban J connectivity index is 1.73. The lowest BCUT2D eigenvalue weighted by atomic mass is 9.76. The molecule has 0 unspecified atom stereocenters. The summed E-state index contributed by atoms with van der Waals surface area (Å²) >= 11 is 0. The smallest absolute Gasteiger partial charge is 0.120 e. The molecule has 0 radical (unpaired) electrons. The first-order valence-corrected chi connectivity index (χ1v) is 8.25. The molecule has 0 N–H and O–H groups in total. The monoisotopic (exact) mass is 282 g/mol. The predicted molar refractivity (Wildman–Crippen MR) is 90.0 cm³/mol. The summed E-state index contributed by atoms with van der Waals surface area (Å²) in [4.78, 5) is 0. The lowest BCUT2D eigenvalue weighted by molar-refractivity contribution is 0.0989. The van der Waals surface area contributed by atoms with Gasteiger partial charge in [0.2, 0.25) is 0 Å². The van der Waals surface area contributed by atoms with Crippen LogP contribution in [0.1, 0.15) is 52.0 Å². The molecule has 3 rings (SSSR count). The molecule has 0 aromatic heterocycles. The van der Waals surface area contributed by atoms with Gasteiger partial charge in [-0.3, -0.25) is 0 Å².